The van der Waals surface area contributed by atoms with Crippen molar-refractivity contribution in [3.05, 3.63) is 36.0 Å². The van der Waals surface area contributed by atoms with Gasteiger partial charge in [-0.2, -0.15) is 0 Å². The lowest BCUT2D eigenvalue weighted by Crippen LogP contribution is -2.29. The van der Waals surface area contributed by atoms with Crippen LogP contribution in [0.2, 0.25) is 0 Å². The Kier molecular flexibility index (Phi) is 4.68. The van der Waals surface area contributed by atoms with Crippen LogP contribution in [0.1, 0.15) is 16.8 Å². The highest BCUT2D eigenvalue weighted by atomic mass is 16.2. The summed E-state index contributed by atoms with van der Waals surface area (Å²) in [7, 11) is 1.56. The first-order valence-corrected chi connectivity index (χ1v) is 6.50. The molecule has 0 saturated carbocycles. The average molecular weight is 287 g/mol. The summed E-state index contributed by atoms with van der Waals surface area (Å²) in [5.41, 5.74) is 2.95. The van der Waals surface area contributed by atoms with Crippen LogP contribution in [-0.2, 0) is 4.79 Å². The molecule has 0 spiro atoms. The number of fused-ring (bicyclic) bond motifs is 1. The molecule has 0 aliphatic carbocycles. The van der Waals surface area contributed by atoms with Crippen LogP contribution in [-0.4, -0.2) is 30.4 Å². The van der Waals surface area contributed by atoms with Crippen molar-refractivity contribution >= 4 is 28.4 Å². The first-order chi connectivity index (χ1) is 10.2. The van der Waals surface area contributed by atoms with Crippen molar-refractivity contribution in [3.63, 3.8) is 0 Å². The quantitative estimate of drug-likeness (QED) is 0.470. The van der Waals surface area contributed by atoms with E-state index in [1.807, 2.05) is 24.3 Å². The molecule has 0 unspecified atom stereocenters. The third-order valence-electron chi connectivity index (χ3n) is 3.09. The van der Waals surface area contributed by atoms with Gasteiger partial charge in [0, 0.05) is 31.6 Å². The van der Waals surface area contributed by atoms with Crippen LogP contribution in [0, 0.1) is 0 Å². The SMILES string of the molecule is CNC(=O)CCNC(=O)c1cnc(NN)c2ccccc12. The number of nitrogens with zero attached hydrogens (tertiary/aromatic N) is 1. The van der Waals surface area contributed by atoms with Gasteiger partial charge in [0.15, 0.2) is 0 Å². The number of hydrogen-bond donors (Lipinski definition) is 4. The van der Waals surface area contributed by atoms with Crippen LogP contribution in [0.25, 0.3) is 10.8 Å². The van der Waals surface area contributed by atoms with Crippen LogP contribution >= 0.6 is 0 Å². The van der Waals surface area contributed by atoms with Gasteiger partial charge < -0.3 is 16.1 Å². The molecule has 7 nitrogen and oxygen atoms in total. The summed E-state index contributed by atoms with van der Waals surface area (Å²) in [5, 5.41) is 6.71. The molecule has 0 bridgehead atoms. The topological polar surface area (TPSA) is 109 Å². The van der Waals surface area contributed by atoms with Crippen molar-refractivity contribution in [3.8, 4) is 0 Å². The number of nitrogens with one attached hydrogen (secondary N) is 3. The van der Waals surface area contributed by atoms with Gasteiger partial charge in [0.2, 0.25) is 5.91 Å². The van der Waals surface area contributed by atoms with Gasteiger partial charge in [0.1, 0.15) is 5.82 Å². The van der Waals surface area contributed by atoms with E-state index in [2.05, 4.69) is 21.0 Å². The summed E-state index contributed by atoms with van der Waals surface area (Å²) >= 11 is 0. The third kappa shape index (κ3) is 3.26. The van der Waals surface area contributed by atoms with Crippen molar-refractivity contribution in [2.45, 2.75) is 6.42 Å². The molecule has 0 aliphatic heterocycles. The van der Waals surface area contributed by atoms with Gasteiger partial charge in [0.05, 0.1) is 5.56 Å². The number of amides is 2. The minimum atomic E-state index is -0.272. The van der Waals surface area contributed by atoms with Crippen LogP contribution in [0.5, 0.6) is 0 Å². The Labute approximate surface area is 121 Å². The van der Waals surface area contributed by atoms with Crippen LogP contribution in [0.15, 0.2) is 30.5 Å². The number of nitrogen functional groups attached to an aromatic ring is 1. The fourth-order valence-corrected chi connectivity index (χ4v) is 2.00. The molecule has 21 heavy (non-hydrogen) atoms. The molecule has 2 rings (SSSR count). The van der Waals surface area contributed by atoms with Gasteiger partial charge in [-0.1, -0.05) is 24.3 Å². The fourth-order valence-electron chi connectivity index (χ4n) is 2.00. The first-order valence-electron chi connectivity index (χ1n) is 6.50. The van der Waals surface area contributed by atoms with E-state index >= 15 is 0 Å². The highest BCUT2D eigenvalue weighted by Crippen LogP contribution is 2.23. The largest absolute Gasteiger partial charge is 0.359 e. The zero-order valence-corrected chi connectivity index (χ0v) is 11.6. The van der Waals surface area contributed by atoms with E-state index in [1.165, 1.54) is 6.20 Å². The molecule has 5 N–H and O–H groups in total. The number of pyridine rings is 1. The van der Waals surface area contributed by atoms with E-state index in [0.29, 0.717) is 11.4 Å². The molecule has 0 aliphatic rings. The van der Waals surface area contributed by atoms with Crippen molar-refractivity contribution in [1.29, 1.82) is 0 Å². The third-order valence-corrected chi connectivity index (χ3v) is 3.09. The van der Waals surface area contributed by atoms with Crippen molar-refractivity contribution < 1.29 is 9.59 Å². The number of benzene rings is 1. The van der Waals surface area contributed by atoms with Gasteiger partial charge in [-0.05, 0) is 5.39 Å². The van der Waals surface area contributed by atoms with Crippen molar-refractivity contribution in [1.82, 2.24) is 15.6 Å². The van der Waals surface area contributed by atoms with Gasteiger partial charge in [0.25, 0.3) is 5.91 Å². The zero-order valence-electron chi connectivity index (χ0n) is 11.6. The molecule has 1 aromatic carbocycles. The van der Waals surface area contributed by atoms with Gasteiger partial charge in [-0.25, -0.2) is 10.8 Å². The number of hydrazine groups is 1. The van der Waals surface area contributed by atoms with E-state index in [1.54, 1.807) is 7.05 Å². The molecule has 2 aromatic rings. The molecular weight excluding hydrogens is 270 g/mol. The summed E-state index contributed by atoms with van der Waals surface area (Å²) in [6, 6.07) is 7.34. The molecular formula is C14H17N5O2. The lowest BCUT2D eigenvalue weighted by molar-refractivity contribution is -0.120. The molecule has 2 amide bonds. The first kappa shape index (κ1) is 14.7. The predicted octanol–water partition coefficient (Wildman–Crippen LogP) is 0.386. The van der Waals surface area contributed by atoms with E-state index < -0.39 is 0 Å². The number of anilines is 1. The van der Waals surface area contributed by atoms with Crippen LogP contribution in [0.3, 0.4) is 0 Å². The summed E-state index contributed by atoms with van der Waals surface area (Å²) in [6.45, 7) is 0.268. The molecule has 0 saturated heterocycles. The predicted molar refractivity (Wildman–Crippen MR) is 80.6 cm³/mol. The standard InChI is InChI=1S/C14H17N5O2/c1-16-12(20)6-7-17-14(21)11-8-18-13(19-15)10-5-3-2-4-9(10)11/h2-5,8H,6-7,15H2,1H3,(H,16,20)(H,17,21)(H,18,19). The Morgan fingerprint density at radius 2 is 1.95 bits per heavy atom. The van der Waals surface area contributed by atoms with Gasteiger partial charge in [-0.15, -0.1) is 0 Å². The molecule has 7 heteroatoms. The second-order valence-electron chi connectivity index (χ2n) is 4.39. The number of carbonyl (C=O) groups is 2. The van der Waals surface area contributed by atoms with Crippen molar-refractivity contribution in [2.75, 3.05) is 19.0 Å². The Hall–Kier alpha value is -2.67. The Morgan fingerprint density at radius 3 is 2.62 bits per heavy atom. The molecule has 0 radical (unpaired) electrons. The zero-order chi connectivity index (χ0) is 15.2. The second-order valence-corrected chi connectivity index (χ2v) is 4.39. The lowest BCUT2D eigenvalue weighted by atomic mass is 10.1. The smallest absolute Gasteiger partial charge is 0.253 e. The van der Waals surface area contributed by atoms with E-state index in [-0.39, 0.29) is 24.8 Å². The number of hydrogen-bond acceptors (Lipinski definition) is 5. The van der Waals surface area contributed by atoms with Crippen LogP contribution in [0.4, 0.5) is 5.82 Å². The maximum Gasteiger partial charge on any atom is 0.253 e. The summed E-state index contributed by atoms with van der Waals surface area (Å²) in [6.07, 6.45) is 1.70. The minimum absolute atomic E-state index is 0.124. The minimum Gasteiger partial charge on any atom is -0.359 e. The van der Waals surface area contributed by atoms with E-state index in [0.717, 1.165) is 10.8 Å². The maximum absolute atomic E-state index is 12.2. The monoisotopic (exact) mass is 287 g/mol. The normalized spacial score (nSPS) is 10.2. The molecule has 0 fully saturated rings. The summed E-state index contributed by atoms with van der Waals surface area (Å²) in [5.74, 6) is 5.52. The second kappa shape index (κ2) is 6.67. The number of nitrogens with two attached hydrogens (primary N) is 1. The molecule has 1 aromatic heterocycles. The Morgan fingerprint density at radius 1 is 1.24 bits per heavy atom. The number of carbonyl (C=O) groups excluding carboxylic acids is 2. The van der Waals surface area contributed by atoms with E-state index in [9.17, 15) is 9.59 Å². The average Bonchev–Trinajstić information content (AvgIpc) is 2.53. The fraction of sp³-hybridized carbons (Fsp3) is 0.214. The molecule has 110 valence electrons. The highest BCUT2D eigenvalue weighted by Gasteiger charge is 2.13. The molecule has 1 heterocycles. The van der Waals surface area contributed by atoms with Crippen molar-refractivity contribution in [2.24, 2.45) is 5.84 Å². The Bertz CT molecular complexity index is 671. The summed E-state index contributed by atoms with van der Waals surface area (Å²) in [4.78, 5) is 27.5. The highest BCUT2D eigenvalue weighted by molar-refractivity contribution is 6.09. The van der Waals surface area contributed by atoms with Gasteiger partial charge in [-0.3, -0.25) is 9.59 Å². The lowest BCUT2D eigenvalue weighted by Gasteiger charge is -2.10. The number of rotatable bonds is 5. The number of aromatic nitrogens is 1. The summed E-state index contributed by atoms with van der Waals surface area (Å²) < 4.78 is 0. The van der Waals surface area contributed by atoms with Crippen LogP contribution < -0.4 is 21.9 Å². The molecule has 0 atom stereocenters. The maximum atomic E-state index is 12.2. The Balaban J connectivity index is 2.22. The van der Waals surface area contributed by atoms with E-state index in [4.69, 9.17) is 5.84 Å². The van der Waals surface area contributed by atoms with Gasteiger partial charge >= 0.3 is 0 Å².